The second-order valence-corrected chi connectivity index (χ2v) is 12.0. The van der Waals surface area contributed by atoms with Crippen LogP contribution in [0.15, 0.2) is 0 Å². The number of amides is 2. The van der Waals surface area contributed by atoms with Gasteiger partial charge in [-0.25, -0.2) is 0 Å². The first-order valence-corrected chi connectivity index (χ1v) is 12.2. The summed E-state index contributed by atoms with van der Waals surface area (Å²) in [5.41, 5.74) is -0.553. The molecule has 4 atom stereocenters. The molecular formula is C24H40ClN3O3. The van der Waals surface area contributed by atoms with Crippen molar-refractivity contribution in [1.29, 1.82) is 0 Å². The van der Waals surface area contributed by atoms with Crippen molar-refractivity contribution in [3.05, 3.63) is 0 Å². The Morgan fingerprint density at radius 3 is 2.13 bits per heavy atom. The Kier molecular flexibility index (Phi) is 6.39. The summed E-state index contributed by atoms with van der Waals surface area (Å²) in [5.74, 6) is 2.22. The van der Waals surface area contributed by atoms with E-state index in [0.717, 1.165) is 50.4 Å². The van der Waals surface area contributed by atoms with Gasteiger partial charge in [-0.1, -0.05) is 0 Å². The third-order valence-electron chi connectivity index (χ3n) is 8.15. The second kappa shape index (κ2) is 8.49. The average molecular weight is 454 g/mol. The molecule has 7 heteroatoms. The zero-order chi connectivity index (χ0) is 21.1. The summed E-state index contributed by atoms with van der Waals surface area (Å²) in [6.45, 7) is 6.57. The van der Waals surface area contributed by atoms with Gasteiger partial charge in [0.2, 0.25) is 11.8 Å². The maximum atomic E-state index is 13.0. The lowest BCUT2D eigenvalue weighted by molar-refractivity contribution is -0.233. The van der Waals surface area contributed by atoms with Gasteiger partial charge in [-0.3, -0.25) is 14.5 Å². The van der Waals surface area contributed by atoms with Crippen molar-refractivity contribution in [1.82, 2.24) is 15.5 Å². The Hall–Kier alpha value is -0.850. The Balaban J connectivity index is 0.00000231. The first-order valence-electron chi connectivity index (χ1n) is 12.2. The summed E-state index contributed by atoms with van der Waals surface area (Å²) >= 11 is 0. The quantitative estimate of drug-likeness (QED) is 0.669. The molecule has 2 amide bonds. The molecule has 0 radical (unpaired) electrons. The topological polar surface area (TPSA) is 70.7 Å². The van der Waals surface area contributed by atoms with Gasteiger partial charge < -0.3 is 15.4 Å². The van der Waals surface area contributed by atoms with E-state index in [1.54, 1.807) is 0 Å². The summed E-state index contributed by atoms with van der Waals surface area (Å²) in [5, 5.41) is 6.44. The average Bonchev–Trinajstić information content (AvgIpc) is 2.81. The smallest absolute Gasteiger partial charge is 0.234 e. The Morgan fingerprint density at radius 2 is 1.58 bits per heavy atom. The molecule has 0 aromatic carbocycles. The predicted molar refractivity (Wildman–Crippen MR) is 122 cm³/mol. The van der Waals surface area contributed by atoms with E-state index in [1.165, 1.54) is 19.3 Å². The highest BCUT2D eigenvalue weighted by Gasteiger charge is 2.53. The van der Waals surface area contributed by atoms with E-state index >= 15 is 0 Å². The molecule has 4 aliphatic heterocycles. The van der Waals surface area contributed by atoms with Crippen LogP contribution in [0.4, 0.5) is 0 Å². The third-order valence-corrected chi connectivity index (χ3v) is 8.15. The minimum absolute atomic E-state index is 0. The van der Waals surface area contributed by atoms with Crippen LogP contribution < -0.4 is 10.6 Å². The number of carbonyl (C=O) groups is 2. The molecule has 31 heavy (non-hydrogen) atoms. The van der Waals surface area contributed by atoms with Crippen molar-refractivity contribution >= 4 is 24.2 Å². The van der Waals surface area contributed by atoms with Crippen LogP contribution in [0.5, 0.6) is 0 Å². The molecule has 2 aliphatic carbocycles. The minimum Gasteiger partial charge on any atom is -0.353 e. The maximum absolute atomic E-state index is 13.0. The summed E-state index contributed by atoms with van der Waals surface area (Å²) in [6, 6.07) is 0.895. The van der Waals surface area contributed by atoms with E-state index in [2.05, 4.69) is 15.5 Å². The summed E-state index contributed by atoms with van der Waals surface area (Å²) < 4.78 is 6.34. The van der Waals surface area contributed by atoms with Crippen molar-refractivity contribution in [2.24, 2.45) is 17.8 Å². The number of fused-ring (bicyclic) bond motifs is 2. The van der Waals surface area contributed by atoms with Crippen LogP contribution in [0.2, 0.25) is 0 Å². The van der Waals surface area contributed by atoms with Crippen molar-refractivity contribution in [3.8, 4) is 0 Å². The Morgan fingerprint density at radius 1 is 0.968 bits per heavy atom. The predicted octanol–water partition coefficient (Wildman–Crippen LogP) is 3.38. The fraction of sp³-hybridized carbons (Fsp3) is 0.917. The summed E-state index contributed by atoms with van der Waals surface area (Å²) in [6.07, 6.45) is 11.1. The number of halogens is 1. The van der Waals surface area contributed by atoms with Gasteiger partial charge in [-0.05, 0) is 96.3 Å². The number of hydrogen-bond acceptors (Lipinski definition) is 4. The Bertz CT molecular complexity index is 657. The molecular weight excluding hydrogens is 414 g/mol. The normalized spacial score (nSPS) is 41.0. The molecule has 6 fully saturated rings. The van der Waals surface area contributed by atoms with E-state index in [4.69, 9.17) is 4.74 Å². The first-order chi connectivity index (χ1) is 14.2. The molecule has 6 bridgehead atoms. The SMILES string of the molecule is CC(C)(C)NC(=O)CN1C2CCC1CC(CC(=O)NC13CC4CC(CC(C4)O1)C3)C2.Cl. The Labute approximate surface area is 193 Å². The van der Waals surface area contributed by atoms with Crippen molar-refractivity contribution in [2.45, 2.75) is 114 Å². The van der Waals surface area contributed by atoms with E-state index in [-0.39, 0.29) is 35.5 Å². The highest BCUT2D eigenvalue weighted by Crippen LogP contribution is 2.52. The van der Waals surface area contributed by atoms with Crippen molar-refractivity contribution in [3.63, 3.8) is 0 Å². The maximum Gasteiger partial charge on any atom is 0.234 e. The van der Waals surface area contributed by atoms with Gasteiger partial charge in [0.15, 0.2) is 0 Å². The third kappa shape index (κ3) is 5.06. The number of carbonyl (C=O) groups excluding carboxylic acids is 2. The standard InChI is InChI=1S/C24H39N3O3.ClH/c1-23(2,3)25-22(29)14-27-18-4-5-19(27)8-15(7-18)11-21(28)26-24-12-16-6-17(13-24)10-20(9-16)30-24;/h15-20H,4-14H2,1-3H3,(H,25,29)(H,26,28);1H. The summed E-state index contributed by atoms with van der Waals surface area (Å²) in [7, 11) is 0. The zero-order valence-electron chi connectivity index (χ0n) is 19.3. The molecule has 4 heterocycles. The van der Waals surface area contributed by atoms with E-state index in [0.29, 0.717) is 37.1 Å². The summed E-state index contributed by atoms with van der Waals surface area (Å²) in [4.78, 5) is 27.8. The molecule has 0 spiro atoms. The van der Waals surface area contributed by atoms with Gasteiger partial charge in [-0.2, -0.15) is 0 Å². The van der Waals surface area contributed by atoms with Gasteiger partial charge in [-0.15, -0.1) is 12.4 Å². The highest BCUT2D eigenvalue weighted by atomic mass is 35.5. The molecule has 6 rings (SSSR count). The van der Waals surface area contributed by atoms with Gasteiger partial charge in [0.05, 0.1) is 12.6 Å². The van der Waals surface area contributed by atoms with Crippen LogP contribution in [-0.2, 0) is 14.3 Å². The lowest BCUT2D eigenvalue weighted by atomic mass is 9.65. The largest absolute Gasteiger partial charge is 0.353 e. The molecule has 0 aromatic heterocycles. The van der Waals surface area contributed by atoms with Gasteiger partial charge in [0.1, 0.15) is 5.72 Å². The van der Waals surface area contributed by atoms with Gasteiger partial charge in [0.25, 0.3) is 0 Å². The van der Waals surface area contributed by atoms with Gasteiger partial charge in [0, 0.05) is 24.0 Å². The molecule has 0 aromatic rings. The fourth-order valence-corrected chi connectivity index (χ4v) is 7.50. The number of rotatable bonds is 5. The second-order valence-electron chi connectivity index (χ2n) is 12.0. The van der Waals surface area contributed by atoms with E-state index in [1.807, 2.05) is 20.8 Å². The van der Waals surface area contributed by atoms with Crippen LogP contribution in [0.3, 0.4) is 0 Å². The molecule has 2 N–H and O–H groups in total. The van der Waals surface area contributed by atoms with Crippen LogP contribution in [-0.4, -0.2) is 52.7 Å². The number of nitrogens with one attached hydrogen (secondary N) is 2. The number of nitrogens with zero attached hydrogens (tertiary/aromatic N) is 1. The van der Waals surface area contributed by atoms with Crippen LogP contribution in [0, 0.1) is 17.8 Å². The highest BCUT2D eigenvalue weighted by molar-refractivity contribution is 5.85. The van der Waals surface area contributed by atoms with Crippen molar-refractivity contribution < 1.29 is 14.3 Å². The number of hydrogen-bond donors (Lipinski definition) is 2. The number of piperidine rings is 1. The first kappa shape index (κ1) is 23.3. The number of ether oxygens (including phenoxy) is 1. The minimum atomic E-state index is -0.365. The lowest BCUT2D eigenvalue weighted by Crippen LogP contribution is -2.63. The zero-order valence-corrected chi connectivity index (χ0v) is 20.1. The fourth-order valence-electron chi connectivity index (χ4n) is 7.50. The molecule has 2 saturated carbocycles. The molecule has 176 valence electrons. The van der Waals surface area contributed by atoms with Gasteiger partial charge >= 0.3 is 0 Å². The van der Waals surface area contributed by atoms with Crippen LogP contribution in [0.25, 0.3) is 0 Å². The molecule has 6 aliphatic rings. The molecule has 6 nitrogen and oxygen atoms in total. The van der Waals surface area contributed by atoms with Crippen LogP contribution in [0.1, 0.15) is 85.0 Å². The van der Waals surface area contributed by atoms with E-state index < -0.39 is 0 Å². The molecule has 4 saturated heterocycles. The lowest BCUT2D eigenvalue weighted by Gasteiger charge is -2.56. The molecule has 4 unspecified atom stereocenters. The van der Waals surface area contributed by atoms with Crippen LogP contribution >= 0.6 is 12.4 Å². The monoisotopic (exact) mass is 453 g/mol. The van der Waals surface area contributed by atoms with E-state index in [9.17, 15) is 9.59 Å². The van der Waals surface area contributed by atoms with Crippen molar-refractivity contribution in [2.75, 3.05) is 6.54 Å².